The summed E-state index contributed by atoms with van der Waals surface area (Å²) in [6.07, 6.45) is 0. The third kappa shape index (κ3) is 5.23. The molecule has 0 saturated heterocycles. The van der Waals surface area contributed by atoms with E-state index in [2.05, 4.69) is 27.7 Å². The standard InChI is InChI=1S/C6H16NSi.Li/c1-5(2)8(7)6(3)4;/h5-8H,1-4H3;/q-1;+1. The second kappa shape index (κ2) is 5.55. The van der Waals surface area contributed by atoms with Crippen molar-refractivity contribution in [1.29, 1.82) is 0 Å². The molecule has 0 heterocycles. The van der Waals surface area contributed by atoms with Crippen LogP contribution >= 0.6 is 0 Å². The third-order valence-corrected chi connectivity index (χ3v) is 4.31. The van der Waals surface area contributed by atoms with Gasteiger partial charge in [0.05, 0.1) is 0 Å². The van der Waals surface area contributed by atoms with Crippen LogP contribution in [0.4, 0.5) is 0 Å². The monoisotopic (exact) mass is 137 g/mol. The Morgan fingerprint density at radius 1 is 1.00 bits per heavy atom. The topological polar surface area (TPSA) is 23.8 Å². The summed E-state index contributed by atoms with van der Waals surface area (Å²) < 4.78 is 0. The molecular formula is C6H16LiNSi. The first-order valence-electron chi connectivity index (χ1n) is 3.26. The zero-order chi connectivity index (χ0) is 6.73. The summed E-state index contributed by atoms with van der Waals surface area (Å²) in [5, 5.41) is 7.62. The average molecular weight is 137 g/mol. The van der Waals surface area contributed by atoms with E-state index in [1.54, 1.807) is 0 Å². The molecule has 0 radical (unpaired) electrons. The predicted molar refractivity (Wildman–Crippen MR) is 41.7 cm³/mol. The van der Waals surface area contributed by atoms with E-state index in [-0.39, 0.29) is 18.9 Å². The maximum atomic E-state index is 7.62. The Labute approximate surface area is 72.3 Å². The first kappa shape index (κ1) is 12.5. The number of nitrogens with one attached hydrogen (secondary N) is 1. The van der Waals surface area contributed by atoms with Crippen molar-refractivity contribution in [3.8, 4) is 0 Å². The molecule has 0 rings (SSSR count). The Kier molecular flexibility index (Phi) is 7.68. The van der Waals surface area contributed by atoms with Gasteiger partial charge in [0.25, 0.3) is 0 Å². The minimum Gasteiger partial charge on any atom is -0.682 e. The van der Waals surface area contributed by atoms with Crippen molar-refractivity contribution in [2.75, 3.05) is 0 Å². The van der Waals surface area contributed by atoms with E-state index < -0.39 is 8.96 Å². The molecule has 0 saturated carbocycles. The fourth-order valence-corrected chi connectivity index (χ4v) is 2.31. The summed E-state index contributed by atoms with van der Waals surface area (Å²) in [5.74, 6) is 0. The number of rotatable bonds is 2. The van der Waals surface area contributed by atoms with Crippen LogP contribution in [-0.2, 0) is 0 Å². The summed E-state index contributed by atoms with van der Waals surface area (Å²) in [6.45, 7) is 8.63. The maximum Gasteiger partial charge on any atom is 1.00 e. The molecule has 0 atom stereocenters. The fourth-order valence-electron chi connectivity index (χ4n) is 0.770. The van der Waals surface area contributed by atoms with E-state index >= 15 is 0 Å². The SMILES string of the molecule is CC(C)[SiH]([NH-])C(C)C.[Li+]. The van der Waals surface area contributed by atoms with Crippen LogP contribution in [0.25, 0.3) is 5.40 Å². The Morgan fingerprint density at radius 3 is 1.22 bits per heavy atom. The molecule has 0 unspecified atom stereocenters. The molecule has 0 aliphatic carbocycles. The van der Waals surface area contributed by atoms with Crippen molar-refractivity contribution in [2.24, 2.45) is 0 Å². The summed E-state index contributed by atoms with van der Waals surface area (Å²) in [5.41, 5.74) is 1.30. The zero-order valence-electron chi connectivity index (χ0n) is 7.23. The van der Waals surface area contributed by atoms with Gasteiger partial charge < -0.3 is 5.40 Å². The fraction of sp³-hybridized carbons (Fsp3) is 1.00. The van der Waals surface area contributed by atoms with Gasteiger partial charge in [0.15, 0.2) is 0 Å². The van der Waals surface area contributed by atoms with Crippen LogP contribution in [0.2, 0.25) is 11.1 Å². The largest absolute Gasteiger partial charge is 1.00 e. The Balaban J connectivity index is 0. The summed E-state index contributed by atoms with van der Waals surface area (Å²) >= 11 is 0. The van der Waals surface area contributed by atoms with Gasteiger partial charge in [-0.2, -0.15) is 0 Å². The molecule has 3 heteroatoms. The Hall–Kier alpha value is 0.774. The molecule has 0 amide bonds. The Bertz CT molecular complexity index is 58.1. The van der Waals surface area contributed by atoms with Gasteiger partial charge in [0.2, 0.25) is 0 Å². The molecule has 9 heavy (non-hydrogen) atoms. The van der Waals surface area contributed by atoms with Crippen LogP contribution < -0.4 is 18.9 Å². The van der Waals surface area contributed by atoms with Crippen LogP contribution in [-0.4, -0.2) is 8.96 Å². The second-order valence-corrected chi connectivity index (χ2v) is 6.73. The quantitative estimate of drug-likeness (QED) is 0.462. The molecule has 50 valence electrons. The van der Waals surface area contributed by atoms with Crippen molar-refractivity contribution < 1.29 is 18.9 Å². The summed E-state index contributed by atoms with van der Waals surface area (Å²) in [6, 6.07) is 0. The average Bonchev–Trinajstić information content (AvgIpc) is 1.64. The first-order valence-corrected chi connectivity index (χ1v) is 5.18. The van der Waals surface area contributed by atoms with Gasteiger partial charge in [-0.25, -0.2) is 0 Å². The van der Waals surface area contributed by atoms with Crippen molar-refractivity contribution in [3.05, 3.63) is 5.40 Å². The molecule has 0 aliphatic heterocycles. The predicted octanol–water partition coefficient (Wildman–Crippen LogP) is -0.414. The molecule has 0 aliphatic rings. The first-order chi connectivity index (χ1) is 3.55. The minimum absolute atomic E-state index is 0. The van der Waals surface area contributed by atoms with E-state index in [1.807, 2.05) is 0 Å². The van der Waals surface area contributed by atoms with E-state index in [0.29, 0.717) is 11.1 Å². The van der Waals surface area contributed by atoms with Gasteiger partial charge in [0, 0.05) is 0 Å². The van der Waals surface area contributed by atoms with Gasteiger partial charge in [-0.15, -0.1) is 0 Å². The summed E-state index contributed by atoms with van der Waals surface area (Å²) in [4.78, 5) is 0. The zero-order valence-corrected chi connectivity index (χ0v) is 8.39. The van der Waals surface area contributed by atoms with Crippen LogP contribution in [0.5, 0.6) is 0 Å². The van der Waals surface area contributed by atoms with Crippen LogP contribution in [0.1, 0.15) is 27.7 Å². The van der Waals surface area contributed by atoms with E-state index in [0.717, 1.165) is 0 Å². The van der Waals surface area contributed by atoms with Gasteiger partial charge in [-0.1, -0.05) is 47.7 Å². The van der Waals surface area contributed by atoms with Crippen LogP contribution in [0, 0.1) is 0 Å². The number of hydrogen-bond donors (Lipinski definition) is 0. The summed E-state index contributed by atoms with van der Waals surface area (Å²) in [7, 11) is -1.10. The minimum atomic E-state index is -1.10. The third-order valence-electron chi connectivity index (χ3n) is 1.44. The molecule has 0 aromatic rings. The van der Waals surface area contributed by atoms with Gasteiger partial charge in [-0.3, -0.25) is 0 Å². The molecule has 0 fully saturated rings. The maximum absolute atomic E-state index is 7.62. The number of hydrogen-bond acceptors (Lipinski definition) is 0. The smallest absolute Gasteiger partial charge is 0.682 e. The molecule has 0 spiro atoms. The molecule has 0 aromatic carbocycles. The van der Waals surface area contributed by atoms with Crippen molar-refractivity contribution in [3.63, 3.8) is 0 Å². The normalized spacial score (nSPS) is 10.7. The van der Waals surface area contributed by atoms with E-state index in [1.165, 1.54) is 0 Å². The van der Waals surface area contributed by atoms with E-state index in [4.69, 9.17) is 5.40 Å². The van der Waals surface area contributed by atoms with E-state index in [9.17, 15) is 0 Å². The van der Waals surface area contributed by atoms with Crippen molar-refractivity contribution in [1.82, 2.24) is 0 Å². The molecule has 1 N–H and O–H groups in total. The van der Waals surface area contributed by atoms with Crippen LogP contribution in [0.15, 0.2) is 0 Å². The Morgan fingerprint density at radius 2 is 1.22 bits per heavy atom. The van der Waals surface area contributed by atoms with Gasteiger partial charge >= 0.3 is 18.9 Å². The molecular weight excluding hydrogens is 121 g/mol. The molecule has 1 nitrogen and oxygen atoms in total. The van der Waals surface area contributed by atoms with Crippen molar-refractivity contribution >= 4 is 8.96 Å². The molecule has 0 aromatic heterocycles. The second-order valence-electron chi connectivity index (χ2n) is 3.01. The van der Waals surface area contributed by atoms with Crippen LogP contribution in [0.3, 0.4) is 0 Å². The van der Waals surface area contributed by atoms with Gasteiger partial charge in [-0.05, 0) is 0 Å². The van der Waals surface area contributed by atoms with Crippen molar-refractivity contribution in [2.45, 2.75) is 38.8 Å². The molecule has 0 bridgehead atoms. The van der Waals surface area contributed by atoms with Gasteiger partial charge in [0.1, 0.15) is 0 Å².